The third-order valence-corrected chi connectivity index (χ3v) is 3.01. The van der Waals surface area contributed by atoms with E-state index in [1.807, 2.05) is 37.2 Å². The van der Waals surface area contributed by atoms with E-state index in [-0.39, 0.29) is 18.4 Å². The zero-order valence-corrected chi connectivity index (χ0v) is 12.1. The Bertz CT molecular complexity index is 431. The number of benzene rings is 1. The minimum Gasteiger partial charge on any atom is -0.497 e. The topological polar surface area (TPSA) is 48.0 Å². The van der Waals surface area contributed by atoms with Gasteiger partial charge in [0.05, 0.1) is 27.8 Å². The molecule has 1 aromatic rings. The Balaban J connectivity index is 3.16. The molecule has 0 aliphatic heterocycles. The molecule has 0 heterocycles. The lowest BCUT2D eigenvalue weighted by Gasteiger charge is -2.25. The smallest absolute Gasteiger partial charge is 0.307 e. The molecular weight excluding hydrogens is 246 g/mol. The number of esters is 1. The first-order chi connectivity index (χ1) is 9.03. The molecule has 0 saturated carbocycles. The third-order valence-electron chi connectivity index (χ3n) is 3.01. The van der Waals surface area contributed by atoms with Gasteiger partial charge in [-0.05, 0) is 32.3 Å². The van der Waals surface area contributed by atoms with E-state index < -0.39 is 0 Å². The van der Waals surface area contributed by atoms with Crippen molar-refractivity contribution in [2.24, 2.45) is 0 Å². The predicted molar refractivity (Wildman–Crippen MR) is 72.6 cm³/mol. The number of hydrogen-bond donors (Lipinski definition) is 0. The molecule has 0 aromatic heterocycles. The maximum absolute atomic E-state index is 11.5. The van der Waals surface area contributed by atoms with E-state index in [9.17, 15) is 4.79 Å². The molecule has 5 nitrogen and oxygen atoms in total. The average molecular weight is 267 g/mol. The molecular formula is C14H21NO4. The Morgan fingerprint density at radius 1 is 1.21 bits per heavy atom. The van der Waals surface area contributed by atoms with Gasteiger partial charge in [0.15, 0.2) is 0 Å². The lowest BCUT2D eigenvalue weighted by atomic mass is 10.0. The summed E-state index contributed by atoms with van der Waals surface area (Å²) in [6, 6.07) is 5.42. The van der Waals surface area contributed by atoms with Crippen molar-refractivity contribution in [1.82, 2.24) is 4.90 Å². The van der Waals surface area contributed by atoms with Crippen LogP contribution in [0.5, 0.6) is 11.5 Å². The van der Waals surface area contributed by atoms with E-state index in [0.29, 0.717) is 0 Å². The highest BCUT2D eigenvalue weighted by atomic mass is 16.5. The fourth-order valence-electron chi connectivity index (χ4n) is 1.91. The third kappa shape index (κ3) is 3.86. The Morgan fingerprint density at radius 3 is 2.37 bits per heavy atom. The fraction of sp³-hybridized carbons (Fsp3) is 0.500. The molecule has 0 bridgehead atoms. The van der Waals surface area contributed by atoms with Crippen molar-refractivity contribution < 1.29 is 19.0 Å². The number of nitrogens with zero attached hydrogens (tertiary/aromatic N) is 1. The Labute approximate surface area is 114 Å². The van der Waals surface area contributed by atoms with Crippen molar-refractivity contribution in [3.8, 4) is 11.5 Å². The highest BCUT2D eigenvalue weighted by Gasteiger charge is 2.22. The molecule has 0 amide bonds. The SMILES string of the molecule is COC(=O)CC(c1cc(OC)ccc1OC)N(C)C. The van der Waals surface area contributed by atoms with Crippen LogP contribution in [0.15, 0.2) is 18.2 Å². The van der Waals surface area contributed by atoms with Gasteiger partial charge >= 0.3 is 5.97 Å². The zero-order valence-electron chi connectivity index (χ0n) is 12.1. The molecule has 19 heavy (non-hydrogen) atoms. The van der Waals surface area contributed by atoms with E-state index in [2.05, 4.69) is 0 Å². The Kier molecular flexibility index (Phi) is 5.63. The second-order valence-electron chi connectivity index (χ2n) is 4.37. The van der Waals surface area contributed by atoms with Gasteiger partial charge in [-0.1, -0.05) is 0 Å². The predicted octanol–water partition coefficient (Wildman–Crippen LogP) is 1.87. The second-order valence-corrected chi connectivity index (χ2v) is 4.37. The molecule has 0 fully saturated rings. The van der Waals surface area contributed by atoms with Gasteiger partial charge in [-0.2, -0.15) is 0 Å². The van der Waals surface area contributed by atoms with Gasteiger partial charge in [-0.15, -0.1) is 0 Å². The van der Waals surface area contributed by atoms with E-state index >= 15 is 0 Å². The van der Waals surface area contributed by atoms with Crippen LogP contribution in [0.25, 0.3) is 0 Å². The zero-order chi connectivity index (χ0) is 14.4. The van der Waals surface area contributed by atoms with Crippen LogP contribution >= 0.6 is 0 Å². The molecule has 1 unspecified atom stereocenters. The van der Waals surface area contributed by atoms with Gasteiger partial charge in [0.25, 0.3) is 0 Å². The number of hydrogen-bond acceptors (Lipinski definition) is 5. The molecule has 0 N–H and O–H groups in total. The Hall–Kier alpha value is -1.75. The van der Waals surface area contributed by atoms with Gasteiger partial charge in [0.1, 0.15) is 11.5 Å². The van der Waals surface area contributed by atoms with Gasteiger partial charge in [0.2, 0.25) is 0 Å². The summed E-state index contributed by atoms with van der Waals surface area (Å²) in [6.45, 7) is 0. The average Bonchev–Trinajstić information content (AvgIpc) is 2.43. The van der Waals surface area contributed by atoms with E-state index in [0.717, 1.165) is 17.1 Å². The van der Waals surface area contributed by atoms with Crippen LogP contribution in [0.3, 0.4) is 0 Å². The lowest BCUT2D eigenvalue weighted by molar-refractivity contribution is -0.141. The normalized spacial score (nSPS) is 12.1. The van der Waals surface area contributed by atoms with Crippen LogP contribution in [0.2, 0.25) is 0 Å². The van der Waals surface area contributed by atoms with Gasteiger partial charge in [-0.25, -0.2) is 0 Å². The van der Waals surface area contributed by atoms with E-state index in [1.165, 1.54) is 7.11 Å². The second kappa shape index (κ2) is 6.99. The quantitative estimate of drug-likeness (QED) is 0.736. The molecule has 106 valence electrons. The minimum atomic E-state index is -0.261. The maximum atomic E-state index is 11.5. The van der Waals surface area contributed by atoms with Crippen molar-refractivity contribution in [1.29, 1.82) is 0 Å². The summed E-state index contributed by atoms with van der Waals surface area (Å²) in [6.07, 6.45) is 0.257. The maximum Gasteiger partial charge on any atom is 0.307 e. The van der Waals surface area contributed by atoms with Crippen molar-refractivity contribution >= 4 is 5.97 Å². The van der Waals surface area contributed by atoms with Crippen molar-refractivity contribution in [3.63, 3.8) is 0 Å². The summed E-state index contributed by atoms with van der Waals surface area (Å²) in [7, 11) is 8.42. The number of ether oxygens (including phenoxy) is 3. The standard InChI is InChI=1S/C14H21NO4/c1-15(2)12(9-14(16)19-5)11-8-10(17-3)6-7-13(11)18-4/h6-8,12H,9H2,1-5H3. The molecule has 1 atom stereocenters. The summed E-state index contributed by atoms with van der Waals surface area (Å²) < 4.78 is 15.3. The van der Waals surface area contributed by atoms with Crippen molar-refractivity contribution in [3.05, 3.63) is 23.8 Å². The largest absolute Gasteiger partial charge is 0.497 e. The number of carbonyl (C=O) groups excluding carboxylic acids is 1. The van der Waals surface area contributed by atoms with Crippen LogP contribution < -0.4 is 9.47 Å². The molecule has 1 rings (SSSR count). The van der Waals surface area contributed by atoms with Crippen LogP contribution in [0.1, 0.15) is 18.0 Å². The highest BCUT2D eigenvalue weighted by Crippen LogP contribution is 2.33. The molecule has 1 aromatic carbocycles. The molecule has 0 spiro atoms. The summed E-state index contributed by atoms with van der Waals surface area (Å²) in [5, 5.41) is 0. The van der Waals surface area contributed by atoms with Gasteiger partial charge in [-0.3, -0.25) is 4.79 Å². The van der Waals surface area contributed by atoms with Crippen LogP contribution in [-0.2, 0) is 9.53 Å². The summed E-state index contributed by atoms with van der Waals surface area (Å²) in [5.41, 5.74) is 0.900. The Morgan fingerprint density at radius 2 is 1.89 bits per heavy atom. The summed E-state index contributed by atoms with van der Waals surface area (Å²) >= 11 is 0. The lowest BCUT2D eigenvalue weighted by Crippen LogP contribution is -2.24. The first-order valence-corrected chi connectivity index (χ1v) is 5.98. The molecule has 5 heteroatoms. The monoisotopic (exact) mass is 267 g/mol. The van der Waals surface area contributed by atoms with Crippen LogP contribution in [0.4, 0.5) is 0 Å². The van der Waals surface area contributed by atoms with Crippen LogP contribution in [-0.4, -0.2) is 46.3 Å². The summed E-state index contributed by atoms with van der Waals surface area (Å²) in [5.74, 6) is 1.19. The van der Waals surface area contributed by atoms with Crippen molar-refractivity contribution in [2.45, 2.75) is 12.5 Å². The number of rotatable bonds is 6. The number of carbonyl (C=O) groups is 1. The first-order valence-electron chi connectivity index (χ1n) is 5.98. The number of methoxy groups -OCH3 is 3. The van der Waals surface area contributed by atoms with Crippen LogP contribution in [0, 0.1) is 0 Å². The van der Waals surface area contributed by atoms with Gasteiger partial charge in [0, 0.05) is 11.6 Å². The fourth-order valence-corrected chi connectivity index (χ4v) is 1.91. The summed E-state index contributed by atoms with van der Waals surface area (Å²) in [4.78, 5) is 13.5. The van der Waals surface area contributed by atoms with Crippen molar-refractivity contribution in [2.75, 3.05) is 35.4 Å². The van der Waals surface area contributed by atoms with Gasteiger partial charge < -0.3 is 19.1 Å². The van der Waals surface area contributed by atoms with E-state index in [1.54, 1.807) is 14.2 Å². The molecule has 0 aliphatic carbocycles. The molecule has 0 saturated heterocycles. The molecule has 0 radical (unpaired) electrons. The first kappa shape index (κ1) is 15.3. The highest BCUT2D eigenvalue weighted by molar-refractivity contribution is 5.70. The molecule has 0 aliphatic rings. The minimum absolute atomic E-state index is 0.127. The van der Waals surface area contributed by atoms with E-state index in [4.69, 9.17) is 14.2 Å².